The molecule has 0 amide bonds. The first-order valence-electron chi connectivity index (χ1n) is 5.12. The van der Waals surface area contributed by atoms with Crippen molar-refractivity contribution in [3.8, 4) is 0 Å². The minimum Gasteiger partial charge on any atom is -0.394 e. The normalized spacial score (nSPS) is 21.6. The molecule has 0 aliphatic carbocycles. The zero-order valence-electron chi connectivity index (χ0n) is 8.48. The summed E-state index contributed by atoms with van der Waals surface area (Å²) >= 11 is 0. The van der Waals surface area contributed by atoms with Crippen molar-refractivity contribution in [2.75, 3.05) is 18.1 Å². The summed E-state index contributed by atoms with van der Waals surface area (Å²) in [5.74, 6) is 1.03. The highest BCUT2D eigenvalue weighted by Crippen LogP contribution is 2.25. The second-order valence-electron chi connectivity index (χ2n) is 3.82. The van der Waals surface area contributed by atoms with Gasteiger partial charge in [0.05, 0.1) is 12.6 Å². The van der Waals surface area contributed by atoms with Crippen LogP contribution in [-0.4, -0.2) is 29.3 Å². The lowest BCUT2D eigenvalue weighted by Crippen LogP contribution is -2.33. The van der Waals surface area contributed by atoms with Crippen LogP contribution < -0.4 is 4.90 Å². The standard InChI is InChI=1S/C11H16N2O/c1-9-4-2-6-12-11(9)13-7-3-5-10(13)8-14/h2,4,6,10,14H,3,5,7-8H2,1H3. The van der Waals surface area contributed by atoms with Crippen LogP contribution in [0.3, 0.4) is 0 Å². The molecule has 76 valence electrons. The van der Waals surface area contributed by atoms with E-state index in [4.69, 9.17) is 0 Å². The fourth-order valence-electron chi connectivity index (χ4n) is 2.08. The van der Waals surface area contributed by atoms with Gasteiger partial charge in [-0.25, -0.2) is 4.98 Å². The first-order valence-corrected chi connectivity index (χ1v) is 5.12. The Morgan fingerprint density at radius 1 is 1.64 bits per heavy atom. The molecule has 1 saturated heterocycles. The summed E-state index contributed by atoms with van der Waals surface area (Å²) in [6.07, 6.45) is 4.04. The Morgan fingerprint density at radius 2 is 2.50 bits per heavy atom. The molecule has 3 nitrogen and oxygen atoms in total. The third-order valence-corrected chi connectivity index (χ3v) is 2.84. The topological polar surface area (TPSA) is 36.4 Å². The van der Waals surface area contributed by atoms with Gasteiger partial charge in [0.1, 0.15) is 5.82 Å². The van der Waals surface area contributed by atoms with E-state index in [1.54, 1.807) is 0 Å². The first-order chi connectivity index (χ1) is 6.83. The molecule has 0 spiro atoms. The van der Waals surface area contributed by atoms with Crippen LogP contribution in [-0.2, 0) is 0 Å². The van der Waals surface area contributed by atoms with Gasteiger partial charge in [-0.3, -0.25) is 0 Å². The summed E-state index contributed by atoms with van der Waals surface area (Å²) in [7, 11) is 0. The average Bonchev–Trinajstić information content (AvgIpc) is 2.66. The lowest BCUT2D eigenvalue weighted by atomic mass is 10.2. The van der Waals surface area contributed by atoms with E-state index in [1.807, 2.05) is 12.3 Å². The summed E-state index contributed by atoms with van der Waals surface area (Å²) in [6.45, 7) is 3.31. The average molecular weight is 192 g/mol. The second kappa shape index (κ2) is 3.96. The van der Waals surface area contributed by atoms with Gasteiger partial charge in [-0.2, -0.15) is 0 Å². The summed E-state index contributed by atoms with van der Waals surface area (Å²) in [6, 6.07) is 4.28. The van der Waals surface area contributed by atoms with Crippen LogP contribution in [0.5, 0.6) is 0 Å². The molecule has 0 saturated carbocycles. The lowest BCUT2D eigenvalue weighted by Gasteiger charge is -2.25. The van der Waals surface area contributed by atoms with Crippen LogP contribution in [0.15, 0.2) is 18.3 Å². The SMILES string of the molecule is Cc1cccnc1N1CCCC1CO. The smallest absolute Gasteiger partial charge is 0.131 e. The largest absolute Gasteiger partial charge is 0.394 e. The predicted octanol–water partition coefficient (Wildman–Crippen LogP) is 1.35. The van der Waals surface area contributed by atoms with Crippen LogP contribution in [0, 0.1) is 6.92 Å². The molecule has 14 heavy (non-hydrogen) atoms. The van der Waals surface area contributed by atoms with Crippen molar-refractivity contribution in [1.82, 2.24) is 4.98 Å². The molecule has 1 aromatic heterocycles. The van der Waals surface area contributed by atoms with Crippen molar-refractivity contribution in [2.45, 2.75) is 25.8 Å². The molecule has 0 radical (unpaired) electrons. The molecule has 0 bridgehead atoms. The summed E-state index contributed by atoms with van der Waals surface area (Å²) in [5, 5.41) is 9.22. The highest BCUT2D eigenvalue weighted by Gasteiger charge is 2.25. The number of pyridine rings is 1. The van der Waals surface area contributed by atoms with Crippen LogP contribution in [0.1, 0.15) is 18.4 Å². The lowest BCUT2D eigenvalue weighted by molar-refractivity contribution is 0.266. The first kappa shape index (κ1) is 9.46. The molecule has 2 rings (SSSR count). The Balaban J connectivity index is 2.26. The molecule has 2 heterocycles. The van der Waals surface area contributed by atoms with E-state index < -0.39 is 0 Å². The zero-order valence-corrected chi connectivity index (χ0v) is 8.48. The molecule has 1 fully saturated rings. The van der Waals surface area contributed by atoms with Gasteiger partial charge in [0.15, 0.2) is 0 Å². The maximum atomic E-state index is 9.22. The molecular formula is C11H16N2O. The fraction of sp³-hybridized carbons (Fsp3) is 0.545. The number of rotatable bonds is 2. The number of hydrogen-bond donors (Lipinski definition) is 1. The third-order valence-electron chi connectivity index (χ3n) is 2.84. The van der Waals surface area contributed by atoms with E-state index in [0.29, 0.717) is 0 Å². The van der Waals surface area contributed by atoms with Gasteiger partial charge in [-0.15, -0.1) is 0 Å². The molecule has 1 N–H and O–H groups in total. The van der Waals surface area contributed by atoms with E-state index in [2.05, 4.69) is 22.9 Å². The van der Waals surface area contributed by atoms with E-state index in [0.717, 1.165) is 25.2 Å². The maximum Gasteiger partial charge on any atom is 0.131 e. The molecule has 1 unspecified atom stereocenters. The monoisotopic (exact) mass is 192 g/mol. The van der Waals surface area contributed by atoms with E-state index in [1.165, 1.54) is 5.56 Å². The summed E-state index contributed by atoms with van der Waals surface area (Å²) < 4.78 is 0. The van der Waals surface area contributed by atoms with Crippen molar-refractivity contribution in [1.29, 1.82) is 0 Å². The summed E-state index contributed by atoms with van der Waals surface area (Å²) in [5.41, 5.74) is 1.19. The third kappa shape index (κ3) is 1.60. The van der Waals surface area contributed by atoms with E-state index in [9.17, 15) is 5.11 Å². The van der Waals surface area contributed by atoms with Gasteiger partial charge in [0.25, 0.3) is 0 Å². The van der Waals surface area contributed by atoms with Gasteiger partial charge in [-0.1, -0.05) is 6.07 Å². The van der Waals surface area contributed by atoms with Gasteiger partial charge in [0.2, 0.25) is 0 Å². The molecule has 1 aliphatic rings. The Bertz CT molecular complexity index is 314. The molecular weight excluding hydrogens is 176 g/mol. The fourth-order valence-corrected chi connectivity index (χ4v) is 2.08. The van der Waals surface area contributed by atoms with Crippen LogP contribution in [0.25, 0.3) is 0 Å². The Hall–Kier alpha value is -1.09. The zero-order chi connectivity index (χ0) is 9.97. The van der Waals surface area contributed by atoms with Gasteiger partial charge in [-0.05, 0) is 31.4 Å². The minimum atomic E-state index is 0.232. The molecule has 1 aromatic rings. The van der Waals surface area contributed by atoms with Gasteiger partial charge >= 0.3 is 0 Å². The van der Waals surface area contributed by atoms with Crippen LogP contribution >= 0.6 is 0 Å². The molecule has 1 aliphatic heterocycles. The van der Waals surface area contributed by atoms with E-state index in [-0.39, 0.29) is 12.6 Å². The maximum absolute atomic E-state index is 9.22. The van der Waals surface area contributed by atoms with Crippen LogP contribution in [0.4, 0.5) is 5.82 Å². The van der Waals surface area contributed by atoms with E-state index >= 15 is 0 Å². The van der Waals surface area contributed by atoms with Crippen molar-refractivity contribution >= 4 is 5.82 Å². The molecule has 1 atom stereocenters. The number of anilines is 1. The number of aryl methyl sites for hydroxylation is 1. The van der Waals surface area contributed by atoms with Crippen molar-refractivity contribution in [2.24, 2.45) is 0 Å². The van der Waals surface area contributed by atoms with Gasteiger partial charge < -0.3 is 10.0 Å². The number of aromatic nitrogens is 1. The Labute approximate surface area is 84.4 Å². The number of aliphatic hydroxyl groups is 1. The quantitative estimate of drug-likeness (QED) is 0.768. The molecule has 0 aromatic carbocycles. The van der Waals surface area contributed by atoms with Crippen molar-refractivity contribution < 1.29 is 5.11 Å². The molecule has 3 heteroatoms. The number of aliphatic hydroxyl groups excluding tert-OH is 1. The minimum absolute atomic E-state index is 0.232. The number of hydrogen-bond acceptors (Lipinski definition) is 3. The van der Waals surface area contributed by atoms with Crippen LogP contribution in [0.2, 0.25) is 0 Å². The second-order valence-corrected chi connectivity index (χ2v) is 3.82. The van der Waals surface area contributed by atoms with Crippen molar-refractivity contribution in [3.05, 3.63) is 23.9 Å². The number of nitrogens with zero attached hydrogens (tertiary/aromatic N) is 2. The highest BCUT2D eigenvalue weighted by molar-refractivity contribution is 5.47. The predicted molar refractivity (Wildman–Crippen MR) is 56.4 cm³/mol. The Morgan fingerprint density at radius 3 is 3.21 bits per heavy atom. The Kier molecular flexibility index (Phi) is 2.68. The summed E-state index contributed by atoms with van der Waals surface area (Å²) in [4.78, 5) is 6.59. The van der Waals surface area contributed by atoms with Gasteiger partial charge in [0, 0.05) is 12.7 Å². The van der Waals surface area contributed by atoms with Crippen molar-refractivity contribution in [3.63, 3.8) is 0 Å². The highest BCUT2D eigenvalue weighted by atomic mass is 16.3.